The zero-order chi connectivity index (χ0) is 29.7. The standard InChI is InChI=1S/C42H29N3/c1-3-13-31(14-4-1)44-39-23-10-8-18-36(39)41-37(21-12-24-40(41)44)43-30-27-25-29(26-28-30)33-19-11-20-35-34-17-7-9-22-38(34)45(42(33)35)32-15-5-2-6-16-32/h1-28,43H. The second-order valence-corrected chi connectivity index (χ2v) is 11.5. The quantitative estimate of drug-likeness (QED) is 0.217. The van der Waals surface area contributed by atoms with E-state index in [1.165, 1.54) is 54.7 Å². The van der Waals surface area contributed by atoms with Crippen LogP contribution in [0.2, 0.25) is 0 Å². The van der Waals surface area contributed by atoms with Crippen LogP contribution < -0.4 is 5.32 Å². The second kappa shape index (κ2) is 10.3. The highest BCUT2D eigenvalue weighted by Gasteiger charge is 2.17. The molecule has 0 saturated carbocycles. The van der Waals surface area contributed by atoms with E-state index in [0.29, 0.717) is 0 Å². The molecule has 1 N–H and O–H groups in total. The third-order valence-corrected chi connectivity index (χ3v) is 8.90. The molecule has 0 radical (unpaired) electrons. The molecule has 7 aromatic carbocycles. The fraction of sp³-hybridized carbons (Fsp3) is 0. The molecule has 9 rings (SSSR count). The number of para-hydroxylation sites is 5. The van der Waals surface area contributed by atoms with Crippen LogP contribution in [0, 0.1) is 0 Å². The van der Waals surface area contributed by atoms with Crippen molar-refractivity contribution in [3.63, 3.8) is 0 Å². The molecule has 0 amide bonds. The lowest BCUT2D eigenvalue weighted by atomic mass is 10.0. The number of hydrogen-bond donors (Lipinski definition) is 1. The molecular formula is C42H29N3. The topological polar surface area (TPSA) is 21.9 Å². The van der Waals surface area contributed by atoms with Crippen LogP contribution in [0.4, 0.5) is 11.4 Å². The van der Waals surface area contributed by atoms with Gasteiger partial charge in [-0.25, -0.2) is 0 Å². The van der Waals surface area contributed by atoms with Crippen molar-refractivity contribution in [3.8, 4) is 22.5 Å². The van der Waals surface area contributed by atoms with E-state index in [-0.39, 0.29) is 0 Å². The number of nitrogens with zero attached hydrogens (tertiary/aromatic N) is 2. The molecule has 0 fully saturated rings. The number of fused-ring (bicyclic) bond motifs is 6. The predicted octanol–water partition coefficient (Wildman–Crippen LogP) is 11.3. The summed E-state index contributed by atoms with van der Waals surface area (Å²) in [6, 6.07) is 60.6. The lowest BCUT2D eigenvalue weighted by Gasteiger charge is -2.13. The van der Waals surface area contributed by atoms with Crippen LogP contribution in [0.15, 0.2) is 170 Å². The van der Waals surface area contributed by atoms with Crippen molar-refractivity contribution >= 4 is 55.0 Å². The van der Waals surface area contributed by atoms with Gasteiger partial charge in [0, 0.05) is 49.9 Å². The van der Waals surface area contributed by atoms with Crippen LogP contribution in [0.1, 0.15) is 0 Å². The Balaban J connectivity index is 1.16. The Morgan fingerprint density at radius 1 is 0.378 bits per heavy atom. The lowest BCUT2D eigenvalue weighted by molar-refractivity contribution is 1.18. The first-order valence-electron chi connectivity index (χ1n) is 15.4. The van der Waals surface area contributed by atoms with Gasteiger partial charge in [0.2, 0.25) is 0 Å². The van der Waals surface area contributed by atoms with Gasteiger partial charge < -0.3 is 14.5 Å². The van der Waals surface area contributed by atoms with E-state index in [0.717, 1.165) is 22.7 Å². The number of benzene rings is 7. The fourth-order valence-corrected chi connectivity index (χ4v) is 6.96. The van der Waals surface area contributed by atoms with E-state index in [9.17, 15) is 0 Å². The van der Waals surface area contributed by atoms with Gasteiger partial charge in [-0.2, -0.15) is 0 Å². The SMILES string of the molecule is c1ccc(-n2c3ccccc3c3c(Nc4ccc(-c5cccc6c7ccccc7n(-c7ccccc7)c56)cc4)cccc32)cc1. The van der Waals surface area contributed by atoms with Gasteiger partial charge in [0.25, 0.3) is 0 Å². The minimum Gasteiger partial charge on any atom is -0.355 e. The van der Waals surface area contributed by atoms with Gasteiger partial charge in [-0.1, -0.05) is 109 Å². The highest BCUT2D eigenvalue weighted by atomic mass is 15.0. The lowest BCUT2D eigenvalue weighted by Crippen LogP contribution is -1.95. The number of nitrogens with one attached hydrogen (secondary N) is 1. The maximum atomic E-state index is 3.76. The summed E-state index contributed by atoms with van der Waals surface area (Å²) >= 11 is 0. The Hall–Kier alpha value is -6.06. The highest BCUT2D eigenvalue weighted by molar-refractivity contribution is 6.16. The Labute approximate surface area is 261 Å². The molecule has 45 heavy (non-hydrogen) atoms. The Morgan fingerprint density at radius 2 is 0.933 bits per heavy atom. The van der Waals surface area contributed by atoms with Crippen molar-refractivity contribution < 1.29 is 0 Å². The zero-order valence-electron chi connectivity index (χ0n) is 24.6. The summed E-state index contributed by atoms with van der Waals surface area (Å²) in [6.07, 6.45) is 0. The van der Waals surface area contributed by atoms with Crippen LogP contribution in [-0.4, -0.2) is 9.13 Å². The minimum atomic E-state index is 1.05. The van der Waals surface area contributed by atoms with E-state index < -0.39 is 0 Å². The van der Waals surface area contributed by atoms with Crippen molar-refractivity contribution in [1.82, 2.24) is 9.13 Å². The average Bonchev–Trinajstić information content (AvgIpc) is 3.63. The van der Waals surface area contributed by atoms with Crippen molar-refractivity contribution in [1.29, 1.82) is 0 Å². The van der Waals surface area contributed by atoms with E-state index >= 15 is 0 Å². The second-order valence-electron chi connectivity index (χ2n) is 11.5. The van der Waals surface area contributed by atoms with Gasteiger partial charge in [0.1, 0.15) is 0 Å². The molecule has 0 unspecified atom stereocenters. The van der Waals surface area contributed by atoms with Gasteiger partial charge in [-0.3, -0.25) is 0 Å². The summed E-state index contributed by atoms with van der Waals surface area (Å²) in [4.78, 5) is 0. The van der Waals surface area contributed by atoms with Crippen molar-refractivity contribution in [2.24, 2.45) is 0 Å². The first-order chi connectivity index (χ1) is 22.3. The third-order valence-electron chi connectivity index (χ3n) is 8.90. The molecule has 9 aromatic rings. The molecule has 3 heteroatoms. The maximum absolute atomic E-state index is 3.76. The fourth-order valence-electron chi connectivity index (χ4n) is 6.96. The van der Waals surface area contributed by atoms with Crippen LogP contribution in [0.25, 0.3) is 66.1 Å². The Morgan fingerprint density at radius 3 is 1.67 bits per heavy atom. The minimum absolute atomic E-state index is 1.05. The van der Waals surface area contributed by atoms with Crippen LogP contribution in [0.3, 0.4) is 0 Å². The first-order valence-corrected chi connectivity index (χ1v) is 15.4. The van der Waals surface area contributed by atoms with Gasteiger partial charge >= 0.3 is 0 Å². The number of anilines is 2. The summed E-state index contributed by atoms with van der Waals surface area (Å²) in [5, 5.41) is 8.74. The Kier molecular flexibility index (Phi) is 5.82. The van der Waals surface area contributed by atoms with Crippen LogP contribution >= 0.6 is 0 Å². The summed E-state index contributed by atoms with van der Waals surface area (Å²) in [5.41, 5.74) is 11.7. The molecule has 0 atom stereocenters. The van der Waals surface area contributed by atoms with Crippen LogP contribution in [0.5, 0.6) is 0 Å². The monoisotopic (exact) mass is 575 g/mol. The van der Waals surface area contributed by atoms with Crippen molar-refractivity contribution in [2.75, 3.05) is 5.32 Å². The normalized spacial score (nSPS) is 11.6. The zero-order valence-corrected chi connectivity index (χ0v) is 24.6. The summed E-state index contributed by atoms with van der Waals surface area (Å²) in [7, 11) is 0. The van der Waals surface area contributed by atoms with E-state index in [1.807, 2.05) is 0 Å². The molecule has 0 bridgehead atoms. The maximum Gasteiger partial charge on any atom is 0.0619 e. The number of rotatable bonds is 5. The van der Waals surface area contributed by atoms with Gasteiger partial charge in [-0.05, 0) is 66.2 Å². The molecule has 0 spiro atoms. The molecule has 212 valence electrons. The molecule has 2 heterocycles. The summed E-state index contributed by atoms with van der Waals surface area (Å²) < 4.78 is 4.75. The molecule has 0 aliphatic heterocycles. The van der Waals surface area contributed by atoms with E-state index in [1.54, 1.807) is 0 Å². The molecule has 3 nitrogen and oxygen atoms in total. The molecule has 0 aliphatic carbocycles. The summed E-state index contributed by atoms with van der Waals surface area (Å²) in [6.45, 7) is 0. The third kappa shape index (κ3) is 4.05. The number of aromatic nitrogens is 2. The molecular weight excluding hydrogens is 546 g/mol. The van der Waals surface area contributed by atoms with Crippen molar-refractivity contribution in [2.45, 2.75) is 0 Å². The predicted molar refractivity (Wildman–Crippen MR) is 190 cm³/mol. The van der Waals surface area contributed by atoms with Crippen LogP contribution in [-0.2, 0) is 0 Å². The molecule has 0 aliphatic rings. The number of hydrogen-bond acceptors (Lipinski definition) is 1. The first kappa shape index (κ1) is 25.4. The van der Waals surface area contributed by atoms with E-state index in [2.05, 4.69) is 184 Å². The Bertz CT molecular complexity index is 2490. The molecule has 0 saturated heterocycles. The highest BCUT2D eigenvalue weighted by Crippen LogP contribution is 2.40. The average molecular weight is 576 g/mol. The van der Waals surface area contributed by atoms with Gasteiger partial charge in [0.05, 0.1) is 22.1 Å². The molecule has 2 aromatic heterocycles. The van der Waals surface area contributed by atoms with E-state index in [4.69, 9.17) is 0 Å². The largest absolute Gasteiger partial charge is 0.355 e. The van der Waals surface area contributed by atoms with Crippen molar-refractivity contribution in [3.05, 3.63) is 170 Å². The van der Waals surface area contributed by atoms with Gasteiger partial charge in [-0.15, -0.1) is 0 Å². The summed E-state index contributed by atoms with van der Waals surface area (Å²) in [5.74, 6) is 0. The smallest absolute Gasteiger partial charge is 0.0619 e. The van der Waals surface area contributed by atoms with Gasteiger partial charge in [0.15, 0.2) is 0 Å².